The molecule has 1 aromatic carbocycles. The van der Waals surface area contributed by atoms with Crippen molar-refractivity contribution in [3.05, 3.63) is 34.8 Å². The number of carbonyl (C=O) groups excluding carboxylic acids is 3. The molecule has 4 amide bonds. The topological polar surface area (TPSA) is 112 Å². The van der Waals surface area contributed by atoms with E-state index in [0.29, 0.717) is 10.7 Å². The van der Waals surface area contributed by atoms with Crippen LogP contribution in [-0.4, -0.2) is 34.5 Å². The Balaban J connectivity index is 2.10. The van der Waals surface area contributed by atoms with E-state index in [2.05, 4.69) is 15.6 Å². The van der Waals surface area contributed by atoms with Crippen molar-refractivity contribution in [2.24, 2.45) is 0 Å². The number of carbonyl (C=O) groups is 3. The van der Waals surface area contributed by atoms with Crippen molar-refractivity contribution in [3.8, 4) is 5.75 Å². The third-order valence-electron chi connectivity index (χ3n) is 4.13. The number of imide groups is 1. The molecule has 0 bridgehead atoms. The second kappa shape index (κ2) is 6.99. The third kappa shape index (κ3) is 3.77. The van der Waals surface area contributed by atoms with Crippen molar-refractivity contribution in [1.29, 1.82) is 0 Å². The quantitative estimate of drug-likeness (QED) is 0.749. The van der Waals surface area contributed by atoms with E-state index in [4.69, 9.17) is 0 Å². The zero-order chi connectivity index (χ0) is 19.8. The minimum absolute atomic E-state index is 0.0289. The van der Waals surface area contributed by atoms with E-state index in [0.717, 1.165) is 4.90 Å². The summed E-state index contributed by atoms with van der Waals surface area (Å²) in [6.07, 6.45) is 1.71. The van der Waals surface area contributed by atoms with Gasteiger partial charge >= 0.3 is 6.03 Å². The van der Waals surface area contributed by atoms with Crippen LogP contribution in [-0.2, 0) is 10.2 Å². The molecule has 8 nitrogen and oxygen atoms in total. The monoisotopic (exact) mass is 388 g/mol. The molecule has 0 radical (unpaired) electrons. The van der Waals surface area contributed by atoms with Crippen LogP contribution >= 0.6 is 11.3 Å². The van der Waals surface area contributed by atoms with Crippen molar-refractivity contribution in [2.75, 3.05) is 16.8 Å². The van der Waals surface area contributed by atoms with Crippen molar-refractivity contribution in [1.82, 2.24) is 10.3 Å². The van der Waals surface area contributed by atoms with Gasteiger partial charge in [-0.3, -0.25) is 14.9 Å². The minimum Gasteiger partial charge on any atom is -0.507 e. The maximum Gasteiger partial charge on any atom is 0.328 e. The Kier molecular flexibility index (Phi) is 4.88. The number of phenols is 1. The second-order valence-corrected chi connectivity index (χ2v) is 8.04. The van der Waals surface area contributed by atoms with Crippen LogP contribution in [0.4, 0.5) is 15.6 Å². The number of anilines is 2. The molecule has 27 heavy (non-hydrogen) atoms. The van der Waals surface area contributed by atoms with Gasteiger partial charge in [-0.15, -0.1) is 11.3 Å². The number of amides is 4. The fraction of sp³-hybridized carbons (Fsp3) is 0.333. The van der Waals surface area contributed by atoms with Crippen LogP contribution in [0.1, 0.15) is 43.1 Å². The van der Waals surface area contributed by atoms with E-state index in [1.54, 1.807) is 17.6 Å². The van der Waals surface area contributed by atoms with E-state index >= 15 is 0 Å². The van der Waals surface area contributed by atoms with Gasteiger partial charge in [-0.1, -0.05) is 20.8 Å². The van der Waals surface area contributed by atoms with E-state index in [-0.39, 0.29) is 35.9 Å². The molecule has 2 aromatic rings. The fourth-order valence-electron chi connectivity index (χ4n) is 2.78. The third-order valence-corrected chi connectivity index (χ3v) is 4.81. The summed E-state index contributed by atoms with van der Waals surface area (Å²) in [5.74, 6) is -1.12. The SMILES string of the molecule is CC(C)(C)c1cc(N2C(=O)CCNC2=O)cc(C(=O)Nc2nccs2)c1O. The van der Waals surface area contributed by atoms with Gasteiger partial charge in [0.1, 0.15) is 5.75 Å². The molecule has 0 atom stereocenters. The molecular formula is C18H20N4O4S. The first-order valence-corrected chi connectivity index (χ1v) is 9.25. The van der Waals surface area contributed by atoms with Crippen molar-refractivity contribution in [3.63, 3.8) is 0 Å². The Hall–Kier alpha value is -2.94. The Morgan fingerprint density at radius 2 is 2.07 bits per heavy atom. The number of aromatic nitrogens is 1. The lowest BCUT2D eigenvalue weighted by molar-refractivity contribution is -0.118. The van der Waals surface area contributed by atoms with Gasteiger partial charge in [0.05, 0.1) is 11.3 Å². The highest BCUT2D eigenvalue weighted by Gasteiger charge is 2.31. The molecule has 2 heterocycles. The second-order valence-electron chi connectivity index (χ2n) is 7.14. The zero-order valence-corrected chi connectivity index (χ0v) is 16.0. The molecule has 0 unspecified atom stereocenters. The lowest BCUT2D eigenvalue weighted by Gasteiger charge is -2.29. The number of nitrogens with zero attached hydrogens (tertiary/aromatic N) is 2. The normalized spacial score (nSPS) is 14.9. The van der Waals surface area contributed by atoms with E-state index in [1.807, 2.05) is 20.8 Å². The number of hydrogen-bond donors (Lipinski definition) is 3. The molecular weight excluding hydrogens is 368 g/mol. The first-order valence-electron chi connectivity index (χ1n) is 8.37. The highest BCUT2D eigenvalue weighted by molar-refractivity contribution is 7.13. The molecule has 3 rings (SSSR count). The highest BCUT2D eigenvalue weighted by Crippen LogP contribution is 2.38. The largest absolute Gasteiger partial charge is 0.507 e. The molecule has 0 spiro atoms. The lowest BCUT2D eigenvalue weighted by atomic mass is 9.84. The number of phenolic OH excluding ortho intramolecular Hbond substituents is 1. The summed E-state index contributed by atoms with van der Waals surface area (Å²) >= 11 is 1.24. The number of aromatic hydroxyl groups is 1. The zero-order valence-electron chi connectivity index (χ0n) is 15.2. The van der Waals surface area contributed by atoms with Crippen LogP contribution in [0.2, 0.25) is 0 Å². The maximum absolute atomic E-state index is 12.7. The predicted octanol–water partition coefficient (Wildman–Crippen LogP) is 2.84. The summed E-state index contributed by atoms with van der Waals surface area (Å²) in [6.45, 7) is 5.88. The summed E-state index contributed by atoms with van der Waals surface area (Å²) < 4.78 is 0. The Morgan fingerprint density at radius 3 is 2.67 bits per heavy atom. The van der Waals surface area contributed by atoms with Crippen molar-refractivity contribution in [2.45, 2.75) is 32.6 Å². The van der Waals surface area contributed by atoms with E-state index < -0.39 is 17.4 Å². The summed E-state index contributed by atoms with van der Waals surface area (Å²) in [4.78, 5) is 42.2. The number of thiazole rings is 1. The van der Waals surface area contributed by atoms with Crippen molar-refractivity contribution >= 4 is 40.0 Å². The first kappa shape index (κ1) is 18.8. The molecule has 0 saturated carbocycles. The average molecular weight is 388 g/mol. The average Bonchev–Trinajstić information content (AvgIpc) is 3.07. The van der Waals surface area contributed by atoms with Gasteiger partial charge in [0.25, 0.3) is 5.91 Å². The van der Waals surface area contributed by atoms with Gasteiger partial charge in [0, 0.05) is 30.1 Å². The van der Waals surface area contributed by atoms with Gasteiger partial charge in [0.2, 0.25) is 5.91 Å². The van der Waals surface area contributed by atoms with Crippen LogP contribution in [0.25, 0.3) is 0 Å². The molecule has 1 aliphatic heterocycles. The summed E-state index contributed by atoms with van der Waals surface area (Å²) in [7, 11) is 0. The Morgan fingerprint density at radius 1 is 1.33 bits per heavy atom. The molecule has 1 aliphatic rings. The molecule has 1 aromatic heterocycles. The van der Waals surface area contributed by atoms with Gasteiger partial charge in [-0.2, -0.15) is 0 Å². The van der Waals surface area contributed by atoms with Gasteiger partial charge in [0.15, 0.2) is 5.13 Å². The van der Waals surface area contributed by atoms with Gasteiger partial charge in [-0.25, -0.2) is 14.7 Å². The summed E-state index contributed by atoms with van der Waals surface area (Å²) in [5.41, 5.74) is 0.143. The Bertz CT molecular complexity index is 887. The first-order chi connectivity index (χ1) is 12.7. The molecule has 9 heteroatoms. The van der Waals surface area contributed by atoms with Crippen molar-refractivity contribution < 1.29 is 19.5 Å². The summed E-state index contributed by atoms with van der Waals surface area (Å²) in [5, 5.41) is 18.0. The maximum atomic E-state index is 12.7. The molecule has 0 aliphatic carbocycles. The minimum atomic E-state index is -0.570. The van der Waals surface area contributed by atoms with Gasteiger partial charge < -0.3 is 10.4 Å². The molecule has 3 N–H and O–H groups in total. The number of hydrogen-bond acceptors (Lipinski definition) is 6. The number of rotatable bonds is 3. The highest BCUT2D eigenvalue weighted by atomic mass is 32.1. The molecule has 142 valence electrons. The predicted molar refractivity (Wildman–Crippen MR) is 102 cm³/mol. The van der Waals surface area contributed by atoms with E-state index in [1.165, 1.54) is 17.4 Å². The fourth-order valence-corrected chi connectivity index (χ4v) is 3.31. The van der Waals surface area contributed by atoms with Crippen LogP contribution in [0.5, 0.6) is 5.75 Å². The molecule has 1 fully saturated rings. The van der Waals surface area contributed by atoms with Crippen LogP contribution in [0, 0.1) is 0 Å². The number of nitrogens with one attached hydrogen (secondary N) is 2. The summed E-state index contributed by atoms with van der Waals surface area (Å²) in [6, 6.07) is 2.36. The van der Waals surface area contributed by atoms with E-state index in [9.17, 15) is 19.5 Å². The number of benzene rings is 1. The lowest BCUT2D eigenvalue weighted by Crippen LogP contribution is -2.50. The Labute approximate surface area is 160 Å². The van der Waals surface area contributed by atoms with Crippen LogP contribution < -0.4 is 15.5 Å². The van der Waals surface area contributed by atoms with Crippen LogP contribution in [0.3, 0.4) is 0 Å². The van der Waals surface area contributed by atoms with Gasteiger partial charge in [-0.05, 0) is 17.5 Å². The smallest absolute Gasteiger partial charge is 0.328 e. The number of urea groups is 1. The van der Waals surface area contributed by atoms with Crippen LogP contribution in [0.15, 0.2) is 23.7 Å². The molecule has 1 saturated heterocycles. The standard InChI is InChI=1S/C18H20N4O4S/c1-18(2,3)12-9-10(22-13(23)4-5-20-17(22)26)8-11(14(12)24)15(25)21-16-19-6-7-27-16/h6-9,24H,4-5H2,1-3H3,(H,20,26)(H,19,21,25).